The molecule has 58 heavy (non-hydrogen) atoms. The first-order valence-electron chi connectivity index (χ1n) is 20.2. The summed E-state index contributed by atoms with van der Waals surface area (Å²) in [4.78, 5) is 47.7. The zero-order chi connectivity index (χ0) is 41.7. The minimum Gasteiger partial charge on any atom is -0.461 e. The summed E-state index contributed by atoms with van der Waals surface area (Å²) < 4.78 is 70.1. The third-order valence-corrected chi connectivity index (χ3v) is 12.4. The Morgan fingerprint density at radius 2 is 1.86 bits per heavy atom. The molecule has 3 unspecified atom stereocenters. The molecule has 4 saturated heterocycles. The number of alkyl halides is 4. The molecule has 2 amide bonds. The van der Waals surface area contributed by atoms with Crippen LogP contribution in [0.15, 0.2) is 18.2 Å². The van der Waals surface area contributed by atoms with Gasteiger partial charge in [-0.15, -0.1) is 0 Å². The summed E-state index contributed by atoms with van der Waals surface area (Å²) >= 11 is 0. The fourth-order valence-corrected chi connectivity index (χ4v) is 9.51. The van der Waals surface area contributed by atoms with E-state index in [0.717, 1.165) is 24.9 Å². The fraction of sp³-hybridized carbons (Fsp3) is 0.659. The van der Waals surface area contributed by atoms with E-state index in [9.17, 15) is 32.4 Å². The van der Waals surface area contributed by atoms with Gasteiger partial charge in [0.1, 0.15) is 30.0 Å². The van der Waals surface area contributed by atoms with Crippen molar-refractivity contribution in [3.63, 3.8) is 0 Å². The van der Waals surface area contributed by atoms with Crippen LogP contribution in [0.2, 0.25) is 0 Å². The molecule has 4 fully saturated rings. The summed E-state index contributed by atoms with van der Waals surface area (Å²) in [5, 5.41) is 9.87. The summed E-state index contributed by atoms with van der Waals surface area (Å²) in [5.41, 5.74) is 5.29. The number of rotatable bonds is 8. The van der Waals surface area contributed by atoms with Crippen LogP contribution in [0, 0.1) is 24.2 Å². The molecule has 0 saturated carbocycles. The molecule has 6 heterocycles. The van der Waals surface area contributed by atoms with E-state index in [-0.39, 0.29) is 73.5 Å². The van der Waals surface area contributed by atoms with Crippen molar-refractivity contribution in [2.45, 2.75) is 121 Å². The number of nitrogens with zero attached hydrogens (tertiary/aromatic N) is 8. The van der Waals surface area contributed by atoms with Crippen molar-refractivity contribution in [3.05, 3.63) is 46.3 Å². The van der Waals surface area contributed by atoms with Crippen LogP contribution >= 0.6 is 0 Å². The lowest BCUT2D eigenvalue weighted by Crippen LogP contribution is -2.55. The molecule has 0 bridgehead atoms. The second-order valence-electron chi connectivity index (χ2n) is 17.6. The summed E-state index contributed by atoms with van der Waals surface area (Å²) in [6, 6.07) is 2.71. The number of carbonyl (C=O) groups excluding carboxylic acids is 2. The average Bonchev–Trinajstić information content (AvgIpc) is 3.63. The number of aromatic nitrogens is 3. The number of anilines is 2. The summed E-state index contributed by atoms with van der Waals surface area (Å²) in [7, 11) is 0. The number of nitrogen functional groups attached to an aromatic ring is 1. The van der Waals surface area contributed by atoms with Crippen LogP contribution in [-0.4, -0.2) is 117 Å². The molecule has 4 aliphatic heterocycles. The highest BCUT2D eigenvalue weighted by atomic mass is 19.4. The molecular formula is C41H53F4N9O4. The monoisotopic (exact) mass is 811 g/mol. The van der Waals surface area contributed by atoms with E-state index in [4.69, 9.17) is 25.2 Å². The standard InChI is InChI=1S/C41H53F4N9O4/c1-24-17-30-31(19-29(24)35-34(41(43,44)45)25(2)18-32(47)49-35)48-37(57-23-40-11-6-13-52(40)21-26(42)20-40)50-36(30)51-15-16-53(28(22-51)9-12-46)33(55)8-7-27-10-14-54(27)38(56)58-39(3,4)5/h7-8,18,24,26-29H,6,9-11,13-17,19-23H2,1-5H3,(H2,47,49)/b8-7+/t24?,26-,27?,28+,29?,40+/m1/s1. The van der Waals surface area contributed by atoms with Crippen LogP contribution in [-0.2, 0) is 28.5 Å². The molecule has 314 valence electrons. The van der Waals surface area contributed by atoms with Crippen molar-refractivity contribution >= 4 is 23.6 Å². The Hall–Kier alpha value is -4.72. The molecule has 17 heteroatoms. The number of fused-ring (bicyclic) bond motifs is 2. The van der Waals surface area contributed by atoms with Gasteiger partial charge in [0.2, 0.25) is 5.91 Å². The molecule has 2 N–H and O–H groups in total. The Labute approximate surface area is 336 Å². The van der Waals surface area contributed by atoms with E-state index in [1.54, 1.807) is 36.6 Å². The largest absolute Gasteiger partial charge is 0.461 e. The Kier molecular flexibility index (Phi) is 11.3. The quantitative estimate of drug-likeness (QED) is 0.256. The van der Waals surface area contributed by atoms with Gasteiger partial charge in [-0.05, 0) is 83.9 Å². The summed E-state index contributed by atoms with van der Waals surface area (Å²) in [6.07, 6.45) is 0.330. The maximum absolute atomic E-state index is 14.7. The first-order chi connectivity index (χ1) is 27.4. The second kappa shape index (κ2) is 15.8. The molecule has 1 aliphatic carbocycles. The summed E-state index contributed by atoms with van der Waals surface area (Å²) in [6.45, 7) is 11.3. The lowest BCUT2D eigenvalue weighted by molar-refractivity contribution is -0.139. The van der Waals surface area contributed by atoms with Crippen LogP contribution in [0.1, 0.15) is 93.8 Å². The molecule has 2 aromatic heterocycles. The van der Waals surface area contributed by atoms with Gasteiger partial charge < -0.3 is 29.9 Å². The number of aryl methyl sites for hydroxylation is 1. The Bertz CT molecular complexity index is 1980. The lowest BCUT2D eigenvalue weighted by atomic mass is 9.75. The minimum atomic E-state index is -4.65. The number of hydrogen-bond donors (Lipinski definition) is 1. The Morgan fingerprint density at radius 1 is 1.09 bits per heavy atom. The highest BCUT2D eigenvalue weighted by Gasteiger charge is 2.50. The van der Waals surface area contributed by atoms with Crippen molar-refractivity contribution in [1.29, 1.82) is 5.26 Å². The van der Waals surface area contributed by atoms with Crippen LogP contribution in [0.25, 0.3) is 0 Å². The Morgan fingerprint density at radius 3 is 2.55 bits per heavy atom. The molecular weight excluding hydrogens is 759 g/mol. The van der Waals surface area contributed by atoms with Crippen LogP contribution < -0.4 is 15.4 Å². The molecule has 2 aromatic rings. The highest BCUT2D eigenvalue weighted by molar-refractivity contribution is 5.88. The number of halogens is 4. The predicted molar refractivity (Wildman–Crippen MR) is 207 cm³/mol. The van der Waals surface area contributed by atoms with E-state index >= 15 is 0 Å². The number of piperazine rings is 1. The molecule has 0 aromatic carbocycles. The third-order valence-electron chi connectivity index (χ3n) is 12.4. The van der Waals surface area contributed by atoms with Crippen molar-refractivity contribution in [2.24, 2.45) is 5.92 Å². The van der Waals surface area contributed by atoms with Crippen LogP contribution in [0.4, 0.5) is 34.0 Å². The summed E-state index contributed by atoms with van der Waals surface area (Å²) in [5.74, 6) is -0.705. The number of pyridine rings is 1. The van der Waals surface area contributed by atoms with Gasteiger partial charge in [0.05, 0.1) is 47.1 Å². The minimum absolute atomic E-state index is 0.00218. The highest BCUT2D eigenvalue weighted by Crippen LogP contribution is 2.46. The van der Waals surface area contributed by atoms with Crippen LogP contribution in [0.5, 0.6) is 6.01 Å². The lowest BCUT2D eigenvalue weighted by Gasteiger charge is -2.42. The number of nitriles is 1. The van der Waals surface area contributed by atoms with Gasteiger partial charge in [-0.25, -0.2) is 14.2 Å². The van der Waals surface area contributed by atoms with Crippen molar-refractivity contribution in [2.75, 3.05) is 56.5 Å². The van der Waals surface area contributed by atoms with E-state index < -0.39 is 47.1 Å². The zero-order valence-corrected chi connectivity index (χ0v) is 33.8. The second-order valence-corrected chi connectivity index (χ2v) is 17.6. The normalized spacial score (nSPS) is 27.6. The Balaban J connectivity index is 1.17. The van der Waals surface area contributed by atoms with Crippen molar-refractivity contribution in [1.82, 2.24) is 29.7 Å². The first kappa shape index (κ1) is 41.4. The molecule has 5 aliphatic rings. The van der Waals surface area contributed by atoms with Crippen molar-refractivity contribution < 1.29 is 36.6 Å². The van der Waals surface area contributed by atoms with Gasteiger partial charge >= 0.3 is 18.3 Å². The molecule has 7 rings (SSSR count). The molecule has 6 atom stereocenters. The number of amides is 2. The van der Waals surface area contributed by atoms with Gasteiger partial charge in [0.25, 0.3) is 0 Å². The predicted octanol–water partition coefficient (Wildman–Crippen LogP) is 5.75. The third kappa shape index (κ3) is 8.39. The van der Waals surface area contributed by atoms with Gasteiger partial charge in [0.15, 0.2) is 0 Å². The van der Waals surface area contributed by atoms with E-state index in [1.807, 2.05) is 11.8 Å². The van der Waals surface area contributed by atoms with E-state index in [2.05, 4.69) is 16.0 Å². The van der Waals surface area contributed by atoms with E-state index in [0.29, 0.717) is 50.4 Å². The topological polar surface area (TPSA) is 154 Å². The maximum atomic E-state index is 14.7. The van der Waals surface area contributed by atoms with Gasteiger partial charge in [-0.2, -0.15) is 28.4 Å². The van der Waals surface area contributed by atoms with Crippen molar-refractivity contribution in [3.8, 4) is 12.1 Å². The van der Waals surface area contributed by atoms with Gasteiger partial charge in [-0.3, -0.25) is 9.69 Å². The molecule has 0 radical (unpaired) electrons. The number of likely N-dealkylation sites (tertiary alicyclic amines) is 1. The molecule has 13 nitrogen and oxygen atoms in total. The number of carbonyl (C=O) groups is 2. The van der Waals surface area contributed by atoms with E-state index in [1.165, 1.54) is 19.1 Å². The maximum Gasteiger partial charge on any atom is 0.418 e. The number of hydrogen-bond acceptors (Lipinski definition) is 11. The fourth-order valence-electron chi connectivity index (χ4n) is 9.51. The van der Waals surface area contributed by atoms with Crippen LogP contribution in [0.3, 0.4) is 0 Å². The number of nitrogens with two attached hydrogens (primary N) is 1. The molecule has 0 spiro atoms. The van der Waals surface area contributed by atoms with Gasteiger partial charge in [0, 0.05) is 56.7 Å². The van der Waals surface area contributed by atoms with Gasteiger partial charge in [-0.1, -0.05) is 13.0 Å². The smallest absolute Gasteiger partial charge is 0.418 e. The number of ether oxygens (including phenoxy) is 2. The first-order valence-corrected chi connectivity index (χ1v) is 20.2. The SMILES string of the molecule is Cc1cc(N)nc(C2Cc3nc(OC[C@@]45CCCN4C[C@H](F)C5)nc(N4CCN(C(=O)/C=C/C5CCN5C(=O)OC(C)(C)C)[C@@H](CC#N)C4)c3CC2C)c1C(F)(F)F. The zero-order valence-electron chi connectivity index (χ0n) is 33.8. The average molecular weight is 812 g/mol.